The highest BCUT2D eigenvalue weighted by Gasteiger charge is 2.11. The molecule has 4 nitrogen and oxygen atoms in total. The van der Waals surface area contributed by atoms with Gasteiger partial charge in [-0.3, -0.25) is 14.3 Å². The molecule has 0 bridgehead atoms. The number of aromatic amines is 1. The predicted molar refractivity (Wildman–Crippen MR) is 60.4 cm³/mol. The lowest BCUT2D eigenvalue weighted by Gasteiger charge is -2.06. The normalized spacial score (nSPS) is 11.1. The van der Waals surface area contributed by atoms with Gasteiger partial charge in [-0.1, -0.05) is 25.4 Å². The second kappa shape index (κ2) is 5.30. The summed E-state index contributed by atoms with van der Waals surface area (Å²) in [5, 5.41) is -0.532. The third-order valence-electron chi connectivity index (χ3n) is 2.25. The first kappa shape index (κ1) is 13.0. The quantitative estimate of drug-likeness (QED) is 0.826. The lowest BCUT2D eigenvalue weighted by molar-refractivity contribution is 0.478. The van der Waals surface area contributed by atoms with Crippen LogP contribution in [-0.2, 0) is 6.54 Å². The molecule has 0 unspecified atom stereocenters. The first-order valence-corrected chi connectivity index (χ1v) is 5.49. The van der Waals surface area contributed by atoms with E-state index in [1.54, 1.807) is 0 Å². The predicted octanol–water partition coefficient (Wildman–Crippen LogP) is 1.77. The van der Waals surface area contributed by atoms with E-state index in [1.807, 2.05) is 13.8 Å². The van der Waals surface area contributed by atoms with Gasteiger partial charge in [-0.05, 0) is 18.8 Å². The van der Waals surface area contributed by atoms with E-state index in [0.29, 0.717) is 12.3 Å². The monoisotopic (exact) mass is 248 g/mol. The summed E-state index contributed by atoms with van der Waals surface area (Å²) in [5.41, 5.74) is -1.63. The molecule has 0 saturated heterocycles. The summed E-state index contributed by atoms with van der Waals surface area (Å²) in [7, 11) is 0. The largest absolute Gasteiger partial charge is 0.329 e. The summed E-state index contributed by atoms with van der Waals surface area (Å²) in [4.78, 5) is 24.8. The van der Waals surface area contributed by atoms with E-state index in [9.17, 15) is 14.0 Å². The fraction of sp³-hybridized carbons (Fsp3) is 0.600. The van der Waals surface area contributed by atoms with E-state index in [1.165, 1.54) is 0 Å². The van der Waals surface area contributed by atoms with Crippen molar-refractivity contribution in [3.63, 3.8) is 0 Å². The van der Waals surface area contributed by atoms with Crippen LogP contribution in [0.3, 0.4) is 0 Å². The number of halogens is 2. The van der Waals surface area contributed by atoms with Crippen LogP contribution in [0.25, 0.3) is 0 Å². The first-order valence-electron chi connectivity index (χ1n) is 5.11. The van der Waals surface area contributed by atoms with Crippen molar-refractivity contribution in [1.82, 2.24) is 9.55 Å². The highest BCUT2D eigenvalue weighted by Crippen LogP contribution is 2.05. The minimum atomic E-state index is -1.11. The molecule has 1 N–H and O–H groups in total. The smallest absolute Gasteiger partial charge is 0.295 e. The molecule has 0 fully saturated rings. The molecule has 16 heavy (non-hydrogen) atoms. The van der Waals surface area contributed by atoms with Gasteiger partial charge in [0, 0.05) is 6.54 Å². The maximum Gasteiger partial charge on any atom is 0.329 e. The molecular formula is C10H14ClFN2O2. The molecule has 1 aromatic rings. The molecule has 6 heteroatoms. The van der Waals surface area contributed by atoms with Crippen molar-refractivity contribution < 1.29 is 4.39 Å². The van der Waals surface area contributed by atoms with Crippen molar-refractivity contribution in [2.24, 2.45) is 5.92 Å². The molecule has 1 heterocycles. The zero-order valence-corrected chi connectivity index (χ0v) is 9.97. The second-order valence-corrected chi connectivity index (χ2v) is 4.43. The average Bonchev–Trinajstić information content (AvgIpc) is 2.19. The molecule has 0 saturated carbocycles. The maximum atomic E-state index is 13.1. The standard InChI is InChI=1S/C10H14ClFN2O2/c1-6(2)4-3-5-14-9(15)7(12)8(11)13-10(14)16/h6H,3-5H2,1-2H3,(H,13,16). The van der Waals surface area contributed by atoms with E-state index in [2.05, 4.69) is 4.98 Å². The average molecular weight is 249 g/mol. The minimum Gasteiger partial charge on any atom is -0.295 e. The van der Waals surface area contributed by atoms with Crippen molar-refractivity contribution in [2.45, 2.75) is 33.2 Å². The number of hydrogen-bond donors (Lipinski definition) is 1. The number of rotatable bonds is 4. The topological polar surface area (TPSA) is 54.9 Å². The lowest BCUT2D eigenvalue weighted by atomic mass is 10.1. The Morgan fingerprint density at radius 1 is 1.44 bits per heavy atom. The van der Waals surface area contributed by atoms with Crippen LogP contribution in [0.4, 0.5) is 4.39 Å². The highest BCUT2D eigenvalue weighted by molar-refractivity contribution is 6.29. The van der Waals surface area contributed by atoms with Gasteiger partial charge in [0.15, 0.2) is 5.15 Å². The summed E-state index contributed by atoms with van der Waals surface area (Å²) >= 11 is 5.33. The molecular weight excluding hydrogens is 235 g/mol. The summed E-state index contributed by atoms with van der Waals surface area (Å²) < 4.78 is 14.0. The summed E-state index contributed by atoms with van der Waals surface area (Å²) in [6, 6.07) is 0. The van der Waals surface area contributed by atoms with Gasteiger partial charge >= 0.3 is 5.69 Å². The Kier molecular flexibility index (Phi) is 4.29. The zero-order valence-electron chi connectivity index (χ0n) is 9.22. The zero-order chi connectivity index (χ0) is 12.3. The van der Waals surface area contributed by atoms with Crippen molar-refractivity contribution >= 4 is 11.6 Å². The number of nitrogens with zero attached hydrogens (tertiary/aromatic N) is 1. The Labute approximate surface area is 97.1 Å². The van der Waals surface area contributed by atoms with Crippen LogP contribution in [0.2, 0.25) is 5.15 Å². The number of aromatic nitrogens is 2. The van der Waals surface area contributed by atoms with Crippen LogP contribution in [0, 0.1) is 11.7 Å². The van der Waals surface area contributed by atoms with E-state index in [0.717, 1.165) is 11.0 Å². The molecule has 0 aliphatic heterocycles. The maximum absolute atomic E-state index is 13.1. The summed E-state index contributed by atoms with van der Waals surface area (Å²) in [5.74, 6) is -0.627. The summed E-state index contributed by atoms with van der Waals surface area (Å²) in [6.45, 7) is 4.28. The van der Waals surface area contributed by atoms with Crippen LogP contribution in [-0.4, -0.2) is 9.55 Å². The van der Waals surface area contributed by atoms with E-state index in [-0.39, 0.29) is 6.54 Å². The second-order valence-electron chi connectivity index (χ2n) is 4.05. The van der Waals surface area contributed by atoms with Gasteiger partial charge in [-0.25, -0.2) is 4.79 Å². The number of nitrogens with one attached hydrogen (secondary N) is 1. The van der Waals surface area contributed by atoms with Crippen molar-refractivity contribution in [3.05, 3.63) is 31.8 Å². The number of H-pyrrole nitrogens is 1. The minimum absolute atomic E-state index is 0.209. The first-order chi connectivity index (χ1) is 7.43. The molecule has 0 radical (unpaired) electrons. The van der Waals surface area contributed by atoms with Crippen LogP contribution in [0.15, 0.2) is 9.59 Å². The van der Waals surface area contributed by atoms with Crippen molar-refractivity contribution in [3.8, 4) is 0 Å². The van der Waals surface area contributed by atoms with Gasteiger partial charge in [0.2, 0.25) is 5.82 Å². The van der Waals surface area contributed by atoms with Gasteiger partial charge in [-0.15, -0.1) is 0 Å². The fourth-order valence-corrected chi connectivity index (χ4v) is 1.54. The van der Waals surface area contributed by atoms with Crippen molar-refractivity contribution in [1.29, 1.82) is 0 Å². The summed E-state index contributed by atoms with van der Waals surface area (Å²) in [6.07, 6.45) is 1.53. The molecule has 90 valence electrons. The lowest BCUT2D eigenvalue weighted by Crippen LogP contribution is -2.37. The third-order valence-corrected chi connectivity index (χ3v) is 2.51. The molecule has 0 aliphatic carbocycles. The SMILES string of the molecule is CC(C)CCCn1c(=O)[nH]c(Cl)c(F)c1=O. The number of hydrogen-bond acceptors (Lipinski definition) is 2. The Balaban J connectivity index is 2.93. The van der Waals surface area contributed by atoms with Crippen LogP contribution >= 0.6 is 11.6 Å². The molecule has 0 spiro atoms. The Morgan fingerprint density at radius 3 is 2.62 bits per heavy atom. The Hall–Kier alpha value is -1.10. The molecule has 0 aromatic carbocycles. The molecule has 0 aliphatic rings. The Morgan fingerprint density at radius 2 is 2.06 bits per heavy atom. The highest BCUT2D eigenvalue weighted by atomic mass is 35.5. The van der Waals surface area contributed by atoms with Crippen molar-refractivity contribution in [2.75, 3.05) is 0 Å². The molecule has 0 amide bonds. The van der Waals surface area contributed by atoms with Crippen LogP contribution in [0.1, 0.15) is 26.7 Å². The van der Waals surface area contributed by atoms with Crippen LogP contribution in [0.5, 0.6) is 0 Å². The van der Waals surface area contributed by atoms with Gasteiger partial charge in [0.25, 0.3) is 5.56 Å². The van der Waals surface area contributed by atoms with Gasteiger partial charge in [-0.2, -0.15) is 4.39 Å². The van der Waals surface area contributed by atoms with Gasteiger partial charge < -0.3 is 0 Å². The molecule has 1 rings (SSSR count). The van der Waals surface area contributed by atoms with E-state index >= 15 is 0 Å². The van der Waals surface area contributed by atoms with E-state index < -0.39 is 22.2 Å². The van der Waals surface area contributed by atoms with E-state index in [4.69, 9.17) is 11.6 Å². The van der Waals surface area contributed by atoms with Crippen LogP contribution < -0.4 is 11.2 Å². The fourth-order valence-electron chi connectivity index (χ4n) is 1.38. The molecule has 0 atom stereocenters. The van der Waals surface area contributed by atoms with Gasteiger partial charge in [0.05, 0.1) is 0 Å². The van der Waals surface area contributed by atoms with Gasteiger partial charge in [0.1, 0.15) is 0 Å². The molecule has 1 aromatic heterocycles. The Bertz CT molecular complexity index is 479. The third kappa shape index (κ3) is 2.95.